The molecule has 28 heavy (non-hydrogen) atoms. The number of nitrogens with zero attached hydrogens (tertiary/aromatic N) is 1. The van der Waals surface area contributed by atoms with Gasteiger partial charge in [-0.2, -0.15) is 0 Å². The monoisotopic (exact) mass is 495 g/mol. The molecule has 0 radical (unpaired) electrons. The molecule has 3 rings (SSSR count). The van der Waals surface area contributed by atoms with Crippen molar-refractivity contribution >= 4 is 34.3 Å². The van der Waals surface area contributed by atoms with E-state index >= 15 is 0 Å². The third-order valence-corrected chi connectivity index (χ3v) is 8.04. The predicted octanol–water partition coefficient (Wildman–Crippen LogP) is 5.87. The summed E-state index contributed by atoms with van der Waals surface area (Å²) >= 11 is 2.43. The second-order valence-corrected chi connectivity index (χ2v) is 10.00. The van der Waals surface area contributed by atoms with Crippen LogP contribution in [0, 0.1) is 14.9 Å². The van der Waals surface area contributed by atoms with Crippen molar-refractivity contribution in [2.45, 2.75) is 64.7 Å². The molecule has 0 bridgehead atoms. The number of hydrogen-bond donors (Lipinski definition) is 1. The first-order valence-corrected chi connectivity index (χ1v) is 11.1. The minimum atomic E-state index is -0.758. The number of carboxylic acids is 1. The Morgan fingerprint density at radius 2 is 2.14 bits per heavy atom. The van der Waals surface area contributed by atoms with Crippen LogP contribution in [0.5, 0.6) is 0 Å². The molecule has 1 fully saturated rings. The summed E-state index contributed by atoms with van der Waals surface area (Å²) in [6, 6.07) is 4.43. The molecule has 1 aromatic rings. The van der Waals surface area contributed by atoms with Crippen molar-refractivity contribution in [3.05, 3.63) is 45.0 Å². The third kappa shape index (κ3) is 3.29. The van der Waals surface area contributed by atoms with Crippen molar-refractivity contribution in [3.63, 3.8) is 0 Å². The first kappa shape index (κ1) is 21.3. The van der Waals surface area contributed by atoms with E-state index in [2.05, 4.69) is 67.2 Å². The lowest BCUT2D eigenvalue weighted by Gasteiger charge is -2.53. The molecule has 0 amide bonds. The summed E-state index contributed by atoms with van der Waals surface area (Å²) in [5, 5.41) is 14.6. The molecule has 0 spiro atoms. The average Bonchev–Trinajstić information content (AvgIpc) is 2.62. The van der Waals surface area contributed by atoms with E-state index in [-0.39, 0.29) is 11.3 Å². The molecule has 2 aliphatic rings. The number of rotatable bonds is 5. The molecule has 0 aliphatic heterocycles. The third-order valence-electron chi connectivity index (χ3n) is 6.88. The maximum absolute atomic E-state index is 12.3. The van der Waals surface area contributed by atoms with Crippen LogP contribution in [0.25, 0.3) is 0 Å². The maximum Gasteiger partial charge on any atom is 0.309 e. The molecular formula is C23H30INO3. The highest BCUT2D eigenvalue weighted by molar-refractivity contribution is 14.1. The van der Waals surface area contributed by atoms with Crippen molar-refractivity contribution in [2.24, 2.45) is 16.5 Å². The molecule has 1 N–H and O–H groups in total. The lowest BCUT2D eigenvalue weighted by atomic mass is 9.49. The van der Waals surface area contributed by atoms with Gasteiger partial charge in [0.2, 0.25) is 0 Å². The van der Waals surface area contributed by atoms with Crippen LogP contribution in [0.1, 0.15) is 76.0 Å². The van der Waals surface area contributed by atoms with E-state index in [1.54, 1.807) is 6.08 Å². The van der Waals surface area contributed by atoms with E-state index in [1.165, 1.54) is 14.7 Å². The Balaban J connectivity index is 2.24. The van der Waals surface area contributed by atoms with Gasteiger partial charge < -0.3 is 9.94 Å². The Morgan fingerprint density at radius 1 is 1.43 bits per heavy atom. The van der Waals surface area contributed by atoms with Gasteiger partial charge in [0.05, 0.1) is 11.1 Å². The van der Waals surface area contributed by atoms with Gasteiger partial charge in [0.1, 0.15) is 6.61 Å². The molecular weight excluding hydrogens is 465 g/mol. The molecule has 2 aliphatic carbocycles. The van der Waals surface area contributed by atoms with E-state index in [0.29, 0.717) is 25.4 Å². The van der Waals surface area contributed by atoms with Crippen LogP contribution in [-0.2, 0) is 15.0 Å². The van der Waals surface area contributed by atoms with Gasteiger partial charge in [-0.25, -0.2) is 0 Å². The highest BCUT2D eigenvalue weighted by Crippen LogP contribution is 2.58. The van der Waals surface area contributed by atoms with Gasteiger partial charge in [-0.15, -0.1) is 0 Å². The average molecular weight is 495 g/mol. The highest BCUT2D eigenvalue weighted by Gasteiger charge is 2.57. The first-order chi connectivity index (χ1) is 13.2. The molecule has 0 aromatic heterocycles. The van der Waals surface area contributed by atoms with Crippen LogP contribution in [0.3, 0.4) is 0 Å². The topological polar surface area (TPSA) is 58.9 Å². The van der Waals surface area contributed by atoms with Gasteiger partial charge in [0.25, 0.3) is 0 Å². The minimum absolute atomic E-state index is 0.00877. The zero-order valence-corrected chi connectivity index (χ0v) is 19.4. The van der Waals surface area contributed by atoms with Crippen molar-refractivity contribution in [1.82, 2.24) is 0 Å². The van der Waals surface area contributed by atoms with Gasteiger partial charge in [0.15, 0.2) is 0 Å². The van der Waals surface area contributed by atoms with E-state index < -0.39 is 11.4 Å². The molecule has 1 aromatic carbocycles. The van der Waals surface area contributed by atoms with Gasteiger partial charge in [-0.1, -0.05) is 57.1 Å². The fourth-order valence-corrected chi connectivity index (χ4v) is 6.65. The zero-order valence-electron chi connectivity index (χ0n) is 17.2. The van der Waals surface area contributed by atoms with Crippen LogP contribution >= 0.6 is 22.6 Å². The van der Waals surface area contributed by atoms with Gasteiger partial charge in [0, 0.05) is 9.13 Å². The largest absolute Gasteiger partial charge is 0.481 e. The Bertz CT molecular complexity index is 831. The normalized spacial score (nSPS) is 30.6. The van der Waals surface area contributed by atoms with Crippen molar-refractivity contribution in [3.8, 4) is 0 Å². The number of aliphatic carboxylic acids is 1. The highest BCUT2D eigenvalue weighted by atomic mass is 127. The number of carbonyl (C=O) groups is 1. The van der Waals surface area contributed by atoms with Crippen molar-refractivity contribution in [1.29, 1.82) is 0 Å². The lowest BCUT2D eigenvalue weighted by Crippen LogP contribution is -2.53. The molecule has 5 heteroatoms. The Hall–Kier alpha value is -1.37. The standard InChI is InChI=1S/C23H30INO3/c1-6-12-28-25-17-13-18-22(4,10-7-11-23(18,5)21(26)27)16-9-8-15(14(2)3)20(24)19(16)17/h6,8-9,14,18H,1,7,10-13H2,2-5H3,(H,26,27)/b25-17+/t18-,22-,23-/m1/s1. The molecule has 0 unspecified atom stereocenters. The smallest absolute Gasteiger partial charge is 0.309 e. The molecule has 0 saturated heterocycles. The van der Waals surface area contributed by atoms with E-state index in [9.17, 15) is 9.90 Å². The van der Waals surface area contributed by atoms with Crippen LogP contribution in [0.4, 0.5) is 0 Å². The van der Waals surface area contributed by atoms with Crippen LogP contribution < -0.4 is 0 Å². The van der Waals surface area contributed by atoms with E-state index in [1.807, 2.05) is 6.92 Å². The molecule has 1 saturated carbocycles. The van der Waals surface area contributed by atoms with Crippen molar-refractivity contribution < 1.29 is 14.7 Å². The summed E-state index contributed by atoms with van der Waals surface area (Å²) in [7, 11) is 0. The van der Waals surface area contributed by atoms with Crippen LogP contribution in [0.15, 0.2) is 29.9 Å². The number of benzene rings is 1. The summed E-state index contributed by atoms with van der Waals surface area (Å²) in [6.45, 7) is 12.6. The molecule has 4 nitrogen and oxygen atoms in total. The zero-order chi connectivity index (χ0) is 20.7. The summed E-state index contributed by atoms with van der Waals surface area (Å²) in [4.78, 5) is 17.8. The maximum atomic E-state index is 12.3. The fourth-order valence-electron chi connectivity index (χ4n) is 5.25. The van der Waals surface area contributed by atoms with Gasteiger partial charge in [-0.05, 0) is 77.2 Å². The quantitative estimate of drug-likeness (QED) is 0.241. The van der Waals surface area contributed by atoms with E-state index in [4.69, 9.17) is 4.84 Å². The summed E-state index contributed by atoms with van der Waals surface area (Å²) in [6.07, 6.45) is 4.94. The Kier molecular flexibility index (Phi) is 5.95. The number of halogens is 1. The number of carboxylic acid groups (broad SMARTS) is 1. The number of fused-ring (bicyclic) bond motifs is 3. The molecule has 152 valence electrons. The predicted molar refractivity (Wildman–Crippen MR) is 121 cm³/mol. The fraction of sp³-hybridized carbons (Fsp3) is 0.565. The Morgan fingerprint density at radius 3 is 2.75 bits per heavy atom. The van der Waals surface area contributed by atoms with Gasteiger partial charge >= 0.3 is 5.97 Å². The van der Waals surface area contributed by atoms with Crippen LogP contribution in [-0.4, -0.2) is 23.4 Å². The Labute approximate surface area is 181 Å². The first-order valence-electron chi connectivity index (χ1n) is 10.0. The number of oxime groups is 1. The second-order valence-electron chi connectivity index (χ2n) is 8.92. The summed E-state index contributed by atoms with van der Waals surface area (Å²) < 4.78 is 1.22. The number of hydrogen-bond acceptors (Lipinski definition) is 3. The van der Waals surface area contributed by atoms with Crippen LogP contribution in [0.2, 0.25) is 0 Å². The van der Waals surface area contributed by atoms with E-state index in [0.717, 1.165) is 24.1 Å². The molecule has 0 heterocycles. The second kappa shape index (κ2) is 7.81. The molecule has 3 atom stereocenters. The van der Waals surface area contributed by atoms with Gasteiger partial charge in [-0.3, -0.25) is 4.79 Å². The minimum Gasteiger partial charge on any atom is -0.481 e. The SMILES string of the molecule is C=CCO/N=C1\C[C@H]2[C@](C)(C(=O)O)CCC[C@]2(C)c2ccc(C(C)C)c(I)c21. The summed E-state index contributed by atoms with van der Waals surface area (Å²) in [5.74, 6) is -0.300. The van der Waals surface area contributed by atoms with Crippen molar-refractivity contribution in [2.75, 3.05) is 6.61 Å². The lowest BCUT2D eigenvalue weighted by molar-refractivity contribution is -0.156. The summed E-state index contributed by atoms with van der Waals surface area (Å²) in [5.41, 5.74) is 3.63.